The summed E-state index contributed by atoms with van der Waals surface area (Å²) in [5.41, 5.74) is 0.686. The van der Waals surface area contributed by atoms with Crippen LogP contribution in [0.5, 0.6) is 0 Å². The van der Waals surface area contributed by atoms with Gasteiger partial charge in [0, 0.05) is 16.6 Å². The number of hydrogen-bond acceptors (Lipinski definition) is 3. The van der Waals surface area contributed by atoms with Crippen molar-refractivity contribution in [2.45, 2.75) is 85.4 Å². The average molecular weight is 269 g/mol. The van der Waals surface area contributed by atoms with Crippen LogP contribution in [-0.4, -0.2) is 51.3 Å². The molecule has 0 radical (unpaired) electrons. The van der Waals surface area contributed by atoms with Gasteiger partial charge in [0.1, 0.15) is 0 Å². The zero-order valence-corrected chi connectivity index (χ0v) is 14.7. The SMILES string of the molecule is CCC(C)(C)N1CN(C(C)(C)C)CN(C(C)(C)C)C1. The quantitative estimate of drug-likeness (QED) is 0.759. The predicted molar refractivity (Wildman–Crippen MR) is 84.0 cm³/mol. The Morgan fingerprint density at radius 2 is 0.947 bits per heavy atom. The van der Waals surface area contributed by atoms with E-state index in [1.54, 1.807) is 0 Å². The smallest absolute Gasteiger partial charge is 0.0540 e. The lowest BCUT2D eigenvalue weighted by atomic mass is 9.97. The zero-order chi connectivity index (χ0) is 15.1. The van der Waals surface area contributed by atoms with Gasteiger partial charge in [-0.25, -0.2) is 0 Å². The minimum Gasteiger partial charge on any atom is -0.273 e. The summed E-state index contributed by atoms with van der Waals surface area (Å²) in [6.45, 7) is 24.1. The first-order valence-corrected chi connectivity index (χ1v) is 7.63. The highest BCUT2D eigenvalue weighted by atomic mass is 15.5. The van der Waals surface area contributed by atoms with Crippen molar-refractivity contribution < 1.29 is 0 Å². The van der Waals surface area contributed by atoms with Gasteiger partial charge in [-0.05, 0) is 61.8 Å². The fourth-order valence-electron chi connectivity index (χ4n) is 2.21. The van der Waals surface area contributed by atoms with Gasteiger partial charge in [-0.3, -0.25) is 14.7 Å². The molecule has 0 amide bonds. The largest absolute Gasteiger partial charge is 0.273 e. The van der Waals surface area contributed by atoms with E-state index in [2.05, 4.69) is 77.0 Å². The van der Waals surface area contributed by atoms with Crippen LogP contribution in [0.2, 0.25) is 0 Å². The van der Waals surface area contributed by atoms with Crippen LogP contribution in [0.25, 0.3) is 0 Å². The van der Waals surface area contributed by atoms with Gasteiger partial charge in [0.15, 0.2) is 0 Å². The van der Waals surface area contributed by atoms with E-state index < -0.39 is 0 Å². The van der Waals surface area contributed by atoms with Gasteiger partial charge < -0.3 is 0 Å². The van der Waals surface area contributed by atoms with Crippen molar-refractivity contribution in [1.82, 2.24) is 14.7 Å². The monoisotopic (exact) mass is 269 g/mol. The maximum absolute atomic E-state index is 2.62. The Balaban J connectivity index is 2.97. The van der Waals surface area contributed by atoms with Crippen LogP contribution in [0.15, 0.2) is 0 Å². The van der Waals surface area contributed by atoms with E-state index >= 15 is 0 Å². The molecule has 3 heteroatoms. The molecule has 0 aliphatic carbocycles. The van der Waals surface area contributed by atoms with Crippen LogP contribution < -0.4 is 0 Å². The van der Waals surface area contributed by atoms with Crippen LogP contribution in [0, 0.1) is 0 Å². The Hall–Kier alpha value is -0.120. The number of nitrogens with zero attached hydrogens (tertiary/aromatic N) is 3. The van der Waals surface area contributed by atoms with Crippen molar-refractivity contribution in [3.63, 3.8) is 0 Å². The fourth-order valence-corrected chi connectivity index (χ4v) is 2.21. The summed E-state index contributed by atoms with van der Waals surface area (Å²) in [7, 11) is 0. The van der Waals surface area contributed by atoms with E-state index in [0.29, 0.717) is 0 Å². The second-order valence-electron chi connectivity index (χ2n) is 8.55. The maximum Gasteiger partial charge on any atom is 0.0540 e. The van der Waals surface area contributed by atoms with Crippen LogP contribution >= 0.6 is 0 Å². The summed E-state index contributed by atoms with van der Waals surface area (Å²) in [5.74, 6) is 0. The topological polar surface area (TPSA) is 9.72 Å². The van der Waals surface area contributed by atoms with Crippen LogP contribution in [0.1, 0.15) is 68.7 Å². The normalized spacial score (nSPS) is 21.9. The van der Waals surface area contributed by atoms with E-state index in [9.17, 15) is 0 Å². The third-order valence-corrected chi connectivity index (χ3v) is 4.64. The molecule has 19 heavy (non-hydrogen) atoms. The van der Waals surface area contributed by atoms with Crippen molar-refractivity contribution in [2.24, 2.45) is 0 Å². The van der Waals surface area contributed by atoms with Crippen LogP contribution in [0.4, 0.5) is 0 Å². The first-order valence-electron chi connectivity index (χ1n) is 7.63. The highest BCUT2D eigenvalue weighted by molar-refractivity contribution is 4.90. The molecule has 114 valence electrons. The van der Waals surface area contributed by atoms with Gasteiger partial charge in [-0.1, -0.05) is 6.92 Å². The molecule has 0 N–H and O–H groups in total. The molecular weight excluding hydrogens is 234 g/mol. The molecule has 1 aliphatic heterocycles. The average Bonchev–Trinajstić information content (AvgIpc) is 2.26. The second kappa shape index (κ2) is 5.34. The van der Waals surface area contributed by atoms with E-state index in [1.807, 2.05) is 0 Å². The van der Waals surface area contributed by atoms with Gasteiger partial charge in [-0.15, -0.1) is 0 Å². The lowest BCUT2D eigenvalue weighted by Gasteiger charge is -2.55. The molecule has 3 nitrogen and oxygen atoms in total. The summed E-state index contributed by atoms with van der Waals surface area (Å²) >= 11 is 0. The minimum atomic E-state index is 0.214. The molecular formula is C16H35N3. The lowest BCUT2D eigenvalue weighted by Crippen LogP contribution is -2.67. The number of rotatable bonds is 2. The molecule has 1 saturated heterocycles. The highest BCUT2D eigenvalue weighted by Crippen LogP contribution is 2.29. The summed E-state index contributed by atoms with van der Waals surface area (Å²) in [6, 6.07) is 0. The summed E-state index contributed by atoms with van der Waals surface area (Å²) in [6.07, 6.45) is 1.18. The Bertz CT molecular complexity index is 274. The van der Waals surface area contributed by atoms with Crippen LogP contribution in [-0.2, 0) is 0 Å². The predicted octanol–water partition coefficient (Wildman–Crippen LogP) is 3.56. The lowest BCUT2D eigenvalue weighted by molar-refractivity contribution is -0.132. The van der Waals surface area contributed by atoms with Crippen molar-refractivity contribution in [3.05, 3.63) is 0 Å². The molecule has 0 saturated carbocycles. The molecule has 0 bridgehead atoms. The molecule has 0 unspecified atom stereocenters. The van der Waals surface area contributed by atoms with Crippen molar-refractivity contribution >= 4 is 0 Å². The molecule has 0 aromatic rings. The van der Waals surface area contributed by atoms with Gasteiger partial charge in [0.05, 0.1) is 20.0 Å². The van der Waals surface area contributed by atoms with Crippen molar-refractivity contribution in [1.29, 1.82) is 0 Å². The molecule has 0 aromatic carbocycles. The Morgan fingerprint density at radius 3 is 1.21 bits per heavy atom. The molecule has 1 rings (SSSR count). The van der Waals surface area contributed by atoms with Gasteiger partial charge in [-0.2, -0.15) is 0 Å². The van der Waals surface area contributed by atoms with E-state index in [4.69, 9.17) is 0 Å². The Morgan fingerprint density at radius 1 is 0.632 bits per heavy atom. The highest BCUT2D eigenvalue weighted by Gasteiger charge is 2.39. The minimum absolute atomic E-state index is 0.214. The van der Waals surface area contributed by atoms with Crippen molar-refractivity contribution in [3.8, 4) is 0 Å². The molecule has 1 heterocycles. The van der Waals surface area contributed by atoms with Gasteiger partial charge >= 0.3 is 0 Å². The van der Waals surface area contributed by atoms with Gasteiger partial charge in [0.25, 0.3) is 0 Å². The van der Waals surface area contributed by atoms with E-state index in [1.165, 1.54) is 6.42 Å². The Kier molecular flexibility index (Phi) is 4.76. The third-order valence-electron chi connectivity index (χ3n) is 4.64. The number of hydrogen-bond donors (Lipinski definition) is 0. The molecule has 1 fully saturated rings. The first-order chi connectivity index (χ1) is 8.38. The molecule has 0 spiro atoms. The van der Waals surface area contributed by atoms with Gasteiger partial charge in [0.2, 0.25) is 0 Å². The zero-order valence-electron chi connectivity index (χ0n) is 14.7. The summed E-state index contributed by atoms with van der Waals surface area (Å²) < 4.78 is 0. The maximum atomic E-state index is 2.62. The molecule has 0 aromatic heterocycles. The standard InChI is InChI=1S/C16H35N3/c1-10-16(8,9)19-12-17(14(2,3)4)11-18(13-19)15(5,6)7/h10-13H2,1-9H3. The van der Waals surface area contributed by atoms with Crippen molar-refractivity contribution in [2.75, 3.05) is 20.0 Å². The third kappa shape index (κ3) is 4.17. The molecule has 1 aliphatic rings. The Labute approximate surface area is 120 Å². The summed E-state index contributed by atoms with van der Waals surface area (Å²) in [4.78, 5) is 7.78. The second-order valence-corrected chi connectivity index (χ2v) is 8.55. The molecule has 0 atom stereocenters. The van der Waals surface area contributed by atoms with Crippen LogP contribution in [0.3, 0.4) is 0 Å². The first kappa shape index (κ1) is 16.9. The van der Waals surface area contributed by atoms with E-state index in [0.717, 1.165) is 20.0 Å². The van der Waals surface area contributed by atoms with E-state index in [-0.39, 0.29) is 16.6 Å². The fraction of sp³-hybridized carbons (Fsp3) is 1.00. The summed E-state index contributed by atoms with van der Waals surface area (Å²) in [5, 5.41) is 0.